The molecule has 0 aromatic heterocycles. The van der Waals surface area contributed by atoms with Crippen LogP contribution in [-0.2, 0) is 10.0 Å². The fraction of sp³-hybridized carbons (Fsp3) is 0.200. The maximum atomic E-state index is 12.2. The van der Waals surface area contributed by atoms with Crippen LogP contribution in [0.3, 0.4) is 0 Å². The van der Waals surface area contributed by atoms with Crippen molar-refractivity contribution < 1.29 is 8.42 Å². The third kappa shape index (κ3) is 3.14. The molecule has 0 heterocycles. The molecule has 2 aromatic rings. The van der Waals surface area contributed by atoms with Crippen LogP contribution in [0.5, 0.6) is 0 Å². The number of terminal acetylenes is 1. The lowest BCUT2D eigenvalue weighted by atomic mass is 10.1. The Morgan fingerprint density at radius 1 is 1.11 bits per heavy atom. The topological polar surface area (TPSA) is 46.2 Å². The van der Waals surface area contributed by atoms with E-state index in [1.165, 1.54) is 0 Å². The summed E-state index contributed by atoms with van der Waals surface area (Å²) in [5.41, 5.74) is 0. The number of nitrogens with one attached hydrogen (secondary N) is 1. The van der Waals surface area contributed by atoms with Gasteiger partial charge in [-0.2, -0.15) is 0 Å². The van der Waals surface area contributed by atoms with Crippen LogP contribution in [0.1, 0.15) is 12.8 Å². The zero-order valence-corrected chi connectivity index (χ0v) is 11.3. The Hall–Kier alpha value is -1.83. The molecule has 2 rings (SSSR count). The van der Waals surface area contributed by atoms with Gasteiger partial charge in [0, 0.05) is 18.4 Å². The van der Waals surface area contributed by atoms with Crippen LogP contribution in [-0.4, -0.2) is 15.0 Å². The molecule has 98 valence electrons. The molecule has 0 saturated carbocycles. The minimum absolute atomic E-state index is 0.311. The number of hydrogen-bond donors (Lipinski definition) is 1. The first kappa shape index (κ1) is 13.6. The molecule has 2 aromatic carbocycles. The highest BCUT2D eigenvalue weighted by Crippen LogP contribution is 2.22. The summed E-state index contributed by atoms with van der Waals surface area (Å²) in [6.07, 6.45) is 6.34. The number of fused-ring (bicyclic) bond motifs is 1. The van der Waals surface area contributed by atoms with E-state index in [-0.39, 0.29) is 0 Å². The second-order valence-electron chi connectivity index (χ2n) is 4.18. The number of unbranched alkanes of at least 4 members (excludes halogenated alkanes) is 1. The lowest BCUT2D eigenvalue weighted by Crippen LogP contribution is -2.24. The van der Waals surface area contributed by atoms with E-state index in [0.29, 0.717) is 24.3 Å². The van der Waals surface area contributed by atoms with Crippen molar-refractivity contribution in [2.75, 3.05) is 6.54 Å². The summed E-state index contributed by atoms with van der Waals surface area (Å²) in [6.45, 7) is 0.357. The van der Waals surface area contributed by atoms with E-state index in [2.05, 4.69) is 10.6 Å². The first-order valence-corrected chi connectivity index (χ1v) is 7.54. The highest BCUT2D eigenvalue weighted by atomic mass is 32.2. The Morgan fingerprint density at radius 3 is 2.63 bits per heavy atom. The lowest BCUT2D eigenvalue weighted by molar-refractivity contribution is 0.580. The van der Waals surface area contributed by atoms with Gasteiger partial charge in [0.05, 0.1) is 4.90 Å². The van der Waals surface area contributed by atoms with Crippen LogP contribution in [0.4, 0.5) is 0 Å². The first-order chi connectivity index (χ1) is 9.15. The average Bonchev–Trinajstić information content (AvgIpc) is 2.43. The van der Waals surface area contributed by atoms with Crippen LogP contribution in [0.15, 0.2) is 47.4 Å². The first-order valence-electron chi connectivity index (χ1n) is 6.06. The Labute approximate surface area is 113 Å². The molecule has 19 heavy (non-hydrogen) atoms. The summed E-state index contributed by atoms with van der Waals surface area (Å²) in [6, 6.07) is 12.7. The molecule has 0 fully saturated rings. The van der Waals surface area contributed by atoms with Crippen molar-refractivity contribution >= 4 is 20.8 Å². The second kappa shape index (κ2) is 5.87. The largest absolute Gasteiger partial charge is 0.241 e. The van der Waals surface area contributed by atoms with Gasteiger partial charge < -0.3 is 0 Å². The van der Waals surface area contributed by atoms with E-state index in [4.69, 9.17) is 6.42 Å². The highest BCUT2D eigenvalue weighted by Gasteiger charge is 2.15. The van der Waals surface area contributed by atoms with Crippen LogP contribution < -0.4 is 4.72 Å². The molecule has 0 saturated heterocycles. The van der Waals surface area contributed by atoms with Crippen LogP contribution >= 0.6 is 0 Å². The van der Waals surface area contributed by atoms with E-state index in [1.54, 1.807) is 12.1 Å². The molecule has 3 nitrogen and oxygen atoms in total. The van der Waals surface area contributed by atoms with Gasteiger partial charge in [-0.15, -0.1) is 12.3 Å². The maximum Gasteiger partial charge on any atom is 0.241 e. The fourth-order valence-electron chi connectivity index (χ4n) is 1.90. The normalized spacial score (nSPS) is 11.3. The van der Waals surface area contributed by atoms with Crippen molar-refractivity contribution in [2.24, 2.45) is 0 Å². The van der Waals surface area contributed by atoms with Crippen molar-refractivity contribution in [3.8, 4) is 12.3 Å². The standard InChI is InChI=1S/C15H15NO2S/c1-2-3-6-12-16-19(17,18)15-11-7-9-13-8-4-5-10-14(13)15/h1,4-5,7-11,16H,3,6,12H2. The van der Waals surface area contributed by atoms with Gasteiger partial charge in [-0.1, -0.05) is 36.4 Å². The Balaban J connectivity index is 2.31. The highest BCUT2D eigenvalue weighted by molar-refractivity contribution is 7.89. The zero-order chi connectivity index (χ0) is 13.7. The lowest BCUT2D eigenvalue weighted by Gasteiger charge is -2.09. The second-order valence-corrected chi connectivity index (χ2v) is 5.92. The maximum absolute atomic E-state index is 12.2. The molecule has 4 heteroatoms. The van der Waals surface area contributed by atoms with E-state index in [9.17, 15) is 8.42 Å². The zero-order valence-electron chi connectivity index (χ0n) is 10.5. The minimum atomic E-state index is -3.49. The predicted octanol–water partition coefficient (Wildman–Crippen LogP) is 2.53. The van der Waals surface area contributed by atoms with Gasteiger partial charge >= 0.3 is 0 Å². The van der Waals surface area contributed by atoms with E-state index in [0.717, 1.165) is 10.8 Å². The summed E-state index contributed by atoms with van der Waals surface area (Å²) < 4.78 is 27.1. The van der Waals surface area contributed by atoms with Gasteiger partial charge in [0.25, 0.3) is 0 Å². The summed E-state index contributed by atoms with van der Waals surface area (Å²) in [4.78, 5) is 0.311. The Bertz CT molecular complexity index is 709. The SMILES string of the molecule is C#CCCCNS(=O)(=O)c1cccc2ccccc12. The molecular weight excluding hydrogens is 258 g/mol. The van der Waals surface area contributed by atoms with E-state index in [1.807, 2.05) is 30.3 Å². The Kier molecular flexibility index (Phi) is 4.20. The molecule has 0 radical (unpaired) electrons. The molecule has 0 aliphatic carbocycles. The third-order valence-corrected chi connectivity index (χ3v) is 4.35. The van der Waals surface area contributed by atoms with Gasteiger partial charge in [-0.3, -0.25) is 0 Å². The van der Waals surface area contributed by atoms with Crippen molar-refractivity contribution in [1.82, 2.24) is 4.72 Å². The van der Waals surface area contributed by atoms with Crippen LogP contribution in [0, 0.1) is 12.3 Å². The van der Waals surface area contributed by atoms with Gasteiger partial charge in [-0.05, 0) is 17.9 Å². The summed E-state index contributed by atoms with van der Waals surface area (Å²) >= 11 is 0. The van der Waals surface area contributed by atoms with Crippen LogP contribution in [0.25, 0.3) is 10.8 Å². The van der Waals surface area contributed by atoms with Crippen LogP contribution in [0.2, 0.25) is 0 Å². The molecular formula is C15H15NO2S. The van der Waals surface area contributed by atoms with Crippen molar-refractivity contribution in [3.05, 3.63) is 42.5 Å². The number of sulfonamides is 1. The molecule has 0 atom stereocenters. The van der Waals surface area contributed by atoms with Gasteiger partial charge in [0.1, 0.15) is 0 Å². The van der Waals surface area contributed by atoms with Crippen molar-refractivity contribution in [2.45, 2.75) is 17.7 Å². The smallest absolute Gasteiger partial charge is 0.211 e. The number of rotatable bonds is 5. The summed E-state index contributed by atoms with van der Waals surface area (Å²) in [5, 5.41) is 1.64. The summed E-state index contributed by atoms with van der Waals surface area (Å²) in [7, 11) is -3.49. The van der Waals surface area contributed by atoms with Crippen molar-refractivity contribution in [3.63, 3.8) is 0 Å². The molecule has 0 bridgehead atoms. The summed E-state index contributed by atoms with van der Waals surface area (Å²) in [5.74, 6) is 2.49. The molecule has 0 unspecified atom stereocenters. The third-order valence-electron chi connectivity index (χ3n) is 2.83. The predicted molar refractivity (Wildman–Crippen MR) is 77.2 cm³/mol. The molecule has 0 amide bonds. The molecule has 0 aliphatic heterocycles. The number of benzene rings is 2. The van der Waals surface area contributed by atoms with Gasteiger partial charge in [0.15, 0.2) is 0 Å². The van der Waals surface area contributed by atoms with Crippen molar-refractivity contribution in [1.29, 1.82) is 0 Å². The monoisotopic (exact) mass is 273 g/mol. The van der Waals surface area contributed by atoms with Gasteiger partial charge in [0.2, 0.25) is 10.0 Å². The minimum Gasteiger partial charge on any atom is -0.211 e. The van der Waals surface area contributed by atoms with E-state index >= 15 is 0 Å². The quantitative estimate of drug-likeness (QED) is 0.672. The molecule has 0 aliphatic rings. The van der Waals surface area contributed by atoms with E-state index < -0.39 is 10.0 Å². The van der Waals surface area contributed by atoms with Gasteiger partial charge in [-0.25, -0.2) is 13.1 Å². The number of hydrogen-bond acceptors (Lipinski definition) is 2. The Morgan fingerprint density at radius 2 is 1.84 bits per heavy atom. The average molecular weight is 273 g/mol. The molecule has 1 N–H and O–H groups in total. The molecule has 0 spiro atoms. The fourth-order valence-corrected chi connectivity index (χ4v) is 3.21.